The Labute approximate surface area is 123 Å². The first-order chi connectivity index (χ1) is 9.24. The minimum atomic E-state index is 0.443. The second kappa shape index (κ2) is 6.87. The molecular formula is C15H20BrN3. The molecule has 1 unspecified atom stereocenters. The Morgan fingerprint density at radius 3 is 2.53 bits per heavy atom. The number of hydrogen-bond donors (Lipinski definition) is 1. The van der Waals surface area contributed by atoms with Crippen molar-refractivity contribution >= 4 is 15.9 Å². The number of nitrogens with one attached hydrogen (secondary N) is 1. The summed E-state index contributed by atoms with van der Waals surface area (Å²) in [5.74, 6) is 0. The number of benzene rings is 1. The lowest BCUT2D eigenvalue weighted by Gasteiger charge is -2.17. The van der Waals surface area contributed by atoms with Gasteiger partial charge in [-0.2, -0.15) is 5.10 Å². The highest BCUT2D eigenvalue weighted by atomic mass is 79.9. The van der Waals surface area contributed by atoms with E-state index in [4.69, 9.17) is 0 Å². The molecule has 1 aromatic carbocycles. The number of aromatic nitrogens is 2. The molecule has 0 saturated heterocycles. The Morgan fingerprint density at radius 1 is 1.26 bits per heavy atom. The van der Waals surface area contributed by atoms with Gasteiger partial charge in [-0.3, -0.25) is 0 Å². The fourth-order valence-corrected chi connectivity index (χ4v) is 2.40. The van der Waals surface area contributed by atoms with Gasteiger partial charge in [0, 0.05) is 12.2 Å². The topological polar surface area (TPSA) is 29.9 Å². The van der Waals surface area contributed by atoms with E-state index < -0.39 is 0 Å². The molecule has 1 heterocycles. The molecule has 1 atom stereocenters. The number of hydrogen-bond acceptors (Lipinski definition) is 2. The van der Waals surface area contributed by atoms with Gasteiger partial charge in [0.2, 0.25) is 0 Å². The first kappa shape index (κ1) is 14.3. The lowest BCUT2D eigenvalue weighted by molar-refractivity contribution is 0.518. The van der Waals surface area contributed by atoms with Crippen molar-refractivity contribution in [2.45, 2.75) is 32.7 Å². The van der Waals surface area contributed by atoms with Crippen molar-refractivity contribution in [1.29, 1.82) is 0 Å². The standard InChI is InChI=1S/C15H20BrN3/c1-3-9-17-15(4-2)12-5-7-14(8-6-12)19-11-13(16)10-18-19/h5-8,10-11,15,17H,3-4,9H2,1-2H3. The Hall–Kier alpha value is -1.13. The average Bonchev–Trinajstić information content (AvgIpc) is 2.87. The van der Waals surface area contributed by atoms with Crippen molar-refractivity contribution in [3.8, 4) is 5.69 Å². The molecular weight excluding hydrogens is 302 g/mol. The zero-order chi connectivity index (χ0) is 13.7. The SMILES string of the molecule is CCCNC(CC)c1ccc(-n2cc(Br)cn2)cc1. The van der Waals surface area contributed by atoms with Crippen LogP contribution in [0, 0.1) is 0 Å². The molecule has 2 aromatic rings. The summed E-state index contributed by atoms with van der Waals surface area (Å²) in [6.07, 6.45) is 6.02. The van der Waals surface area contributed by atoms with Crippen LogP contribution in [-0.2, 0) is 0 Å². The second-order valence-corrected chi connectivity index (χ2v) is 5.53. The van der Waals surface area contributed by atoms with Gasteiger partial charge in [0.15, 0.2) is 0 Å². The molecule has 1 N–H and O–H groups in total. The zero-order valence-electron chi connectivity index (χ0n) is 11.4. The molecule has 0 radical (unpaired) electrons. The Morgan fingerprint density at radius 2 is 2.00 bits per heavy atom. The first-order valence-electron chi connectivity index (χ1n) is 6.78. The molecule has 0 aliphatic heterocycles. The maximum absolute atomic E-state index is 4.28. The lowest BCUT2D eigenvalue weighted by Crippen LogP contribution is -2.21. The third-order valence-electron chi connectivity index (χ3n) is 3.16. The van der Waals surface area contributed by atoms with Crippen LogP contribution in [0.4, 0.5) is 0 Å². The van der Waals surface area contributed by atoms with Gasteiger partial charge < -0.3 is 5.32 Å². The summed E-state index contributed by atoms with van der Waals surface area (Å²) >= 11 is 3.41. The molecule has 0 saturated carbocycles. The summed E-state index contributed by atoms with van der Waals surface area (Å²) in [4.78, 5) is 0. The smallest absolute Gasteiger partial charge is 0.0646 e. The lowest BCUT2D eigenvalue weighted by atomic mass is 10.0. The van der Waals surface area contributed by atoms with Gasteiger partial charge in [0.1, 0.15) is 0 Å². The van der Waals surface area contributed by atoms with Crippen LogP contribution < -0.4 is 5.32 Å². The van der Waals surface area contributed by atoms with Gasteiger partial charge in [0.25, 0.3) is 0 Å². The monoisotopic (exact) mass is 321 g/mol. The molecule has 0 amide bonds. The van der Waals surface area contributed by atoms with Crippen LogP contribution in [0.15, 0.2) is 41.1 Å². The van der Waals surface area contributed by atoms with Crippen LogP contribution in [0.1, 0.15) is 38.3 Å². The number of rotatable bonds is 6. The van der Waals surface area contributed by atoms with Gasteiger partial charge in [-0.15, -0.1) is 0 Å². The molecule has 0 aliphatic rings. The summed E-state index contributed by atoms with van der Waals surface area (Å²) in [6.45, 7) is 5.47. The largest absolute Gasteiger partial charge is 0.310 e. The molecule has 1 aromatic heterocycles. The van der Waals surface area contributed by atoms with Crippen molar-refractivity contribution in [2.24, 2.45) is 0 Å². The van der Waals surface area contributed by atoms with Crippen molar-refractivity contribution < 1.29 is 0 Å². The zero-order valence-corrected chi connectivity index (χ0v) is 13.0. The normalized spacial score (nSPS) is 12.6. The van der Waals surface area contributed by atoms with E-state index in [-0.39, 0.29) is 0 Å². The summed E-state index contributed by atoms with van der Waals surface area (Å²) in [7, 11) is 0. The van der Waals surface area contributed by atoms with E-state index >= 15 is 0 Å². The fourth-order valence-electron chi connectivity index (χ4n) is 2.12. The van der Waals surface area contributed by atoms with E-state index in [1.54, 1.807) is 6.20 Å². The quantitative estimate of drug-likeness (QED) is 0.868. The van der Waals surface area contributed by atoms with Crippen LogP contribution in [0.25, 0.3) is 5.69 Å². The van der Waals surface area contributed by atoms with Gasteiger partial charge in [-0.05, 0) is 53.0 Å². The van der Waals surface area contributed by atoms with Gasteiger partial charge >= 0.3 is 0 Å². The molecule has 0 spiro atoms. The van der Waals surface area contributed by atoms with E-state index in [1.807, 2.05) is 10.9 Å². The third kappa shape index (κ3) is 3.67. The summed E-state index contributed by atoms with van der Waals surface area (Å²) in [5, 5.41) is 7.85. The Kier molecular flexibility index (Phi) is 5.16. The van der Waals surface area contributed by atoms with Crippen LogP contribution in [0.3, 0.4) is 0 Å². The summed E-state index contributed by atoms with van der Waals surface area (Å²) in [5.41, 5.74) is 2.42. The maximum Gasteiger partial charge on any atom is 0.0646 e. The molecule has 2 rings (SSSR count). The van der Waals surface area contributed by atoms with Crippen LogP contribution in [0.5, 0.6) is 0 Å². The van der Waals surface area contributed by atoms with E-state index in [9.17, 15) is 0 Å². The molecule has 4 heteroatoms. The van der Waals surface area contributed by atoms with Gasteiger partial charge in [0.05, 0.1) is 16.4 Å². The minimum absolute atomic E-state index is 0.443. The van der Waals surface area contributed by atoms with Crippen molar-refractivity contribution in [1.82, 2.24) is 15.1 Å². The van der Waals surface area contributed by atoms with Gasteiger partial charge in [-0.25, -0.2) is 4.68 Å². The van der Waals surface area contributed by atoms with Crippen molar-refractivity contribution in [3.63, 3.8) is 0 Å². The molecule has 0 fully saturated rings. The molecule has 0 bridgehead atoms. The number of nitrogens with zero attached hydrogens (tertiary/aromatic N) is 2. The molecule has 19 heavy (non-hydrogen) atoms. The molecule has 0 aliphatic carbocycles. The second-order valence-electron chi connectivity index (χ2n) is 4.61. The van der Waals surface area contributed by atoms with Crippen LogP contribution >= 0.6 is 15.9 Å². The van der Waals surface area contributed by atoms with Crippen LogP contribution in [0.2, 0.25) is 0 Å². The molecule has 3 nitrogen and oxygen atoms in total. The van der Waals surface area contributed by atoms with Crippen LogP contribution in [-0.4, -0.2) is 16.3 Å². The highest BCUT2D eigenvalue weighted by molar-refractivity contribution is 9.10. The van der Waals surface area contributed by atoms with E-state index in [2.05, 4.69) is 64.5 Å². The predicted molar refractivity (Wildman–Crippen MR) is 82.6 cm³/mol. The minimum Gasteiger partial charge on any atom is -0.310 e. The highest BCUT2D eigenvalue weighted by Crippen LogP contribution is 2.19. The summed E-state index contributed by atoms with van der Waals surface area (Å²) in [6, 6.07) is 9.04. The maximum atomic E-state index is 4.28. The Balaban J connectivity index is 2.13. The highest BCUT2D eigenvalue weighted by Gasteiger charge is 2.08. The van der Waals surface area contributed by atoms with E-state index in [1.165, 1.54) is 5.56 Å². The number of halogens is 1. The Bertz CT molecular complexity index is 504. The fraction of sp³-hybridized carbons (Fsp3) is 0.400. The third-order valence-corrected chi connectivity index (χ3v) is 3.57. The average molecular weight is 322 g/mol. The van der Waals surface area contributed by atoms with Crippen molar-refractivity contribution in [3.05, 3.63) is 46.7 Å². The van der Waals surface area contributed by atoms with Gasteiger partial charge in [-0.1, -0.05) is 26.0 Å². The first-order valence-corrected chi connectivity index (χ1v) is 7.57. The van der Waals surface area contributed by atoms with Crippen molar-refractivity contribution in [2.75, 3.05) is 6.54 Å². The summed E-state index contributed by atoms with van der Waals surface area (Å²) < 4.78 is 2.86. The predicted octanol–water partition coefficient (Wildman–Crippen LogP) is 4.09. The van der Waals surface area contributed by atoms with E-state index in [0.717, 1.165) is 29.5 Å². The van der Waals surface area contributed by atoms with E-state index in [0.29, 0.717) is 6.04 Å². The molecule has 102 valence electrons.